The molecule has 0 aromatic heterocycles. The van der Waals surface area contributed by atoms with E-state index < -0.39 is 0 Å². The van der Waals surface area contributed by atoms with Crippen LogP contribution in [-0.4, -0.2) is 35.2 Å². The zero-order valence-corrected chi connectivity index (χ0v) is 14.7. The normalized spacial score (nSPS) is 24.1. The first-order chi connectivity index (χ1) is 11.6. The molecule has 1 heterocycles. The molecule has 1 aliphatic heterocycles. The first kappa shape index (κ1) is 17.3. The maximum absolute atomic E-state index is 12.7. The van der Waals surface area contributed by atoms with Gasteiger partial charge in [-0.05, 0) is 31.2 Å². The smallest absolute Gasteiger partial charge is 0.317 e. The number of aliphatic hydroxyl groups excluding tert-OH is 1. The Morgan fingerprint density at radius 3 is 2.58 bits per heavy atom. The number of carbonyl (C=O) groups excluding carboxylic acids is 1. The number of likely N-dealkylation sites (tertiary alicyclic amines) is 1. The largest absolute Gasteiger partial charge is 0.393 e. The van der Waals surface area contributed by atoms with Gasteiger partial charge in [0.2, 0.25) is 0 Å². The Morgan fingerprint density at radius 2 is 1.96 bits per heavy atom. The first-order valence-corrected chi connectivity index (χ1v) is 9.42. The lowest BCUT2D eigenvalue weighted by Crippen LogP contribution is -2.41. The molecule has 1 aromatic rings. The predicted octanol–water partition coefficient (Wildman–Crippen LogP) is 3.72. The molecule has 24 heavy (non-hydrogen) atoms. The summed E-state index contributed by atoms with van der Waals surface area (Å²) < 4.78 is 0. The highest BCUT2D eigenvalue weighted by Gasteiger charge is 2.31. The molecule has 1 saturated carbocycles. The second kappa shape index (κ2) is 8.02. The predicted molar refractivity (Wildman–Crippen MR) is 95.7 cm³/mol. The third-order valence-corrected chi connectivity index (χ3v) is 5.74. The third kappa shape index (κ3) is 4.29. The van der Waals surface area contributed by atoms with Gasteiger partial charge in [-0.2, -0.15) is 0 Å². The lowest BCUT2D eigenvalue weighted by molar-refractivity contribution is 0.129. The zero-order valence-electron chi connectivity index (χ0n) is 14.7. The molecular weight excluding hydrogens is 300 g/mol. The van der Waals surface area contributed by atoms with Crippen molar-refractivity contribution < 1.29 is 9.90 Å². The Kier molecular flexibility index (Phi) is 5.77. The molecule has 0 spiro atoms. The van der Waals surface area contributed by atoms with Gasteiger partial charge >= 0.3 is 6.03 Å². The monoisotopic (exact) mass is 330 g/mol. The van der Waals surface area contributed by atoms with E-state index in [0.717, 1.165) is 25.3 Å². The molecule has 132 valence electrons. The van der Waals surface area contributed by atoms with Crippen molar-refractivity contribution in [3.8, 4) is 0 Å². The molecule has 2 N–H and O–H groups in total. The molecule has 1 aliphatic carbocycles. The van der Waals surface area contributed by atoms with E-state index in [9.17, 15) is 9.90 Å². The SMILES string of the molecule is C[C@H](O)[C@@H]1CCN(C(=O)N[C@@H](CC2CCCC2)c2ccccc2)C1. The van der Waals surface area contributed by atoms with E-state index in [2.05, 4.69) is 17.4 Å². The van der Waals surface area contributed by atoms with E-state index >= 15 is 0 Å². The van der Waals surface area contributed by atoms with Crippen molar-refractivity contribution in [3.63, 3.8) is 0 Å². The average molecular weight is 330 g/mol. The summed E-state index contributed by atoms with van der Waals surface area (Å²) in [4.78, 5) is 14.6. The average Bonchev–Trinajstić information content (AvgIpc) is 3.26. The van der Waals surface area contributed by atoms with Crippen LogP contribution in [0, 0.1) is 11.8 Å². The van der Waals surface area contributed by atoms with Crippen LogP contribution in [0.3, 0.4) is 0 Å². The van der Waals surface area contributed by atoms with Crippen molar-refractivity contribution in [2.45, 2.75) is 57.6 Å². The number of aliphatic hydroxyl groups is 1. The number of urea groups is 1. The molecule has 2 aliphatic rings. The van der Waals surface area contributed by atoms with Gasteiger partial charge in [0.15, 0.2) is 0 Å². The summed E-state index contributed by atoms with van der Waals surface area (Å²) in [5.74, 6) is 0.931. The van der Waals surface area contributed by atoms with E-state index in [1.165, 1.54) is 31.2 Å². The summed E-state index contributed by atoms with van der Waals surface area (Å²) in [5, 5.41) is 13.0. The van der Waals surface area contributed by atoms with Gasteiger partial charge in [-0.1, -0.05) is 56.0 Å². The van der Waals surface area contributed by atoms with E-state index in [-0.39, 0.29) is 24.1 Å². The second-order valence-corrected chi connectivity index (χ2v) is 7.53. The Morgan fingerprint density at radius 1 is 1.25 bits per heavy atom. The molecule has 0 bridgehead atoms. The van der Waals surface area contributed by atoms with Crippen molar-refractivity contribution >= 4 is 6.03 Å². The minimum Gasteiger partial charge on any atom is -0.393 e. The quantitative estimate of drug-likeness (QED) is 0.864. The van der Waals surface area contributed by atoms with Crippen LogP contribution < -0.4 is 5.32 Å². The number of benzene rings is 1. The van der Waals surface area contributed by atoms with E-state index in [4.69, 9.17) is 0 Å². The van der Waals surface area contributed by atoms with E-state index in [1.807, 2.05) is 30.0 Å². The number of hydrogen-bond acceptors (Lipinski definition) is 2. The summed E-state index contributed by atoms with van der Waals surface area (Å²) in [7, 11) is 0. The third-order valence-electron chi connectivity index (χ3n) is 5.74. The van der Waals surface area contributed by atoms with Crippen molar-refractivity contribution in [2.24, 2.45) is 11.8 Å². The number of amides is 2. The lowest BCUT2D eigenvalue weighted by atomic mass is 9.93. The summed E-state index contributed by atoms with van der Waals surface area (Å²) in [5.41, 5.74) is 1.20. The van der Waals surface area contributed by atoms with Gasteiger partial charge in [0.25, 0.3) is 0 Å². The van der Waals surface area contributed by atoms with Gasteiger partial charge in [0.05, 0.1) is 12.1 Å². The van der Waals surface area contributed by atoms with Crippen LogP contribution in [0.2, 0.25) is 0 Å². The van der Waals surface area contributed by atoms with Gasteiger partial charge in [0.1, 0.15) is 0 Å². The molecule has 1 saturated heterocycles. The van der Waals surface area contributed by atoms with Gasteiger partial charge in [-0.15, -0.1) is 0 Å². The summed E-state index contributed by atoms with van der Waals surface area (Å²) in [6.45, 7) is 3.22. The standard InChI is InChI=1S/C20H30N2O2/c1-15(23)18-11-12-22(14-18)20(24)21-19(13-16-7-5-6-8-16)17-9-3-2-4-10-17/h2-4,9-10,15-16,18-19,23H,5-8,11-14H2,1H3,(H,21,24)/t15-,18+,19-/m0/s1. The molecule has 2 fully saturated rings. The number of hydrogen-bond donors (Lipinski definition) is 2. The first-order valence-electron chi connectivity index (χ1n) is 9.42. The molecule has 3 rings (SSSR count). The second-order valence-electron chi connectivity index (χ2n) is 7.53. The molecule has 3 atom stereocenters. The van der Waals surface area contributed by atoms with Crippen LogP contribution in [-0.2, 0) is 0 Å². The highest BCUT2D eigenvalue weighted by atomic mass is 16.3. The number of rotatable bonds is 5. The van der Waals surface area contributed by atoms with Crippen LogP contribution in [0.25, 0.3) is 0 Å². The van der Waals surface area contributed by atoms with Crippen LogP contribution in [0.15, 0.2) is 30.3 Å². The molecule has 2 amide bonds. The summed E-state index contributed by atoms with van der Waals surface area (Å²) in [6, 6.07) is 10.4. The maximum Gasteiger partial charge on any atom is 0.317 e. The van der Waals surface area contributed by atoms with Gasteiger partial charge in [-0.25, -0.2) is 4.79 Å². The van der Waals surface area contributed by atoms with Crippen LogP contribution in [0.1, 0.15) is 57.1 Å². The van der Waals surface area contributed by atoms with E-state index in [1.54, 1.807) is 0 Å². The summed E-state index contributed by atoms with van der Waals surface area (Å²) in [6.07, 6.45) is 6.80. The van der Waals surface area contributed by atoms with Crippen molar-refractivity contribution in [3.05, 3.63) is 35.9 Å². The maximum atomic E-state index is 12.7. The number of nitrogens with zero attached hydrogens (tertiary/aromatic N) is 1. The molecule has 0 unspecified atom stereocenters. The van der Waals surface area contributed by atoms with Gasteiger partial charge in [-0.3, -0.25) is 0 Å². The van der Waals surface area contributed by atoms with Gasteiger partial charge in [0, 0.05) is 19.0 Å². The highest BCUT2D eigenvalue weighted by Crippen LogP contribution is 2.33. The van der Waals surface area contributed by atoms with Crippen molar-refractivity contribution in [1.82, 2.24) is 10.2 Å². The fraction of sp³-hybridized carbons (Fsp3) is 0.650. The molecular formula is C20H30N2O2. The molecule has 4 heteroatoms. The number of carbonyl (C=O) groups is 1. The van der Waals surface area contributed by atoms with E-state index in [0.29, 0.717) is 6.54 Å². The minimum absolute atomic E-state index is 0.0185. The fourth-order valence-electron chi connectivity index (χ4n) is 4.15. The van der Waals surface area contributed by atoms with Crippen LogP contribution >= 0.6 is 0 Å². The lowest BCUT2D eigenvalue weighted by Gasteiger charge is -2.26. The minimum atomic E-state index is -0.341. The fourth-order valence-corrected chi connectivity index (χ4v) is 4.15. The zero-order chi connectivity index (χ0) is 16.9. The molecule has 1 aromatic carbocycles. The Hall–Kier alpha value is -1.55. The summed E-state index contributed by atoms with van der Waals surface area (Å²) >= 11 is 0. The Balaban J connectivity index is 1.64. The topological polar surface area (TPSA) is 52.6 Å². The molecule has 4 nitrogen and oxygen atoms in total. The van der Waals surface area contributed by atoms with Crippen LogP contribution in [0.4, 0.5) is 4.79 Å². The Labute approximate surface area is 145 Å². The Bertz CT molecular complexity index is 526. The van der Waals surface area contributed by atoms with Crippen molar-refractivity contribution in [2.75, 3.05) is 13.1 Å². The molecule has 0 radical (unpaired) electrons. The van der Waals surface area contributed by atoms with Crippen molar-refractivity contribution in [1.29, 1.82) is 0 Å². The van der Waals surface area contributed by atoms with Gasteiger partial charge < -0.3 is 15.3 Å². The highest BCUT2D eigenvalue weighted by molar-refractivity contribution is 5.75. The van der Waals surface area contributed by atoms with Crippen LogP contribution in [0.5, 0.6) is 0 Å². The number of nitrogens with one attached hydrogen (secondary N) is 1.